The topological polar surface area (TPSA) is 89.1 Å². The molecule has 94 valence electrons. The summed E-state index contributed by atoms with van der Waals surface area (Å²) in [6, 6.07) is 4.92. The number of nitrogens with two attached hydrogens (primary N) is 1. The van der Waals surface area contributed by atoms with E-state index in [4.69, 9.17) is 10.8 Å². The maximum absolute atomic E-state index is 11.0. The normalized spacial score (nSPS) is 10.5. The van der Waals surface area contributed by atoms with E-state index in [0.717, 1.165) is 21.5 Å². The maximum atomic E-state index is 11.0. The van der Waals surface area contributed by atoms with Crippen molar-refractivity contribution in [1.29, 1.82) is 0 Å². The predicted molar refractivity (Wildman–Crippen MR) is 71.2 cm³/mol. The van der Waals surface area contributed by atoms with Crippen molar-refractivity contribution in [3.63, 3.8) is 0 Å². The maximum Gasteiger partial charge on any atom is 0.337 e. The minimum atomic E-state index is -1.03. The third-order valence-corrected chi connectivity index (χ3v) is 4.00. The van der Waals surface area contributed by atoms with E-state index >= 15 is 0 Å². The molecule has 2 aromatic rings. The molecule has 0 unspecified atom stereocenters. The number of aromatic nitrogens is 2. The highest BCUT2D eigenvalue weighted by Gasteiger charge is 2.11. The molecule has 0 atom stereocenters. The standard InChI is InChI=1S/C11H11N3O2S2/c1-2-9-13-11(18-14-9)17-6-3-4-8(12)7(5-6)10(15)16/h3-5H,2,12H2,1H3,(H,15,16). The Morgan fingerprint density at radius 3 is 2.94 bits per heavy atom. The minimum absolute atomic E-state index is 0.111. The molecule has 0 bridgehead atoms. The number of carboxylic acids is 1. The van der Waals surface area contributed by atoms with Crippen molar-refractivity contribution in [2.24, 2.45) is 0 Å². The molecular weight excluding hydrogens is 270 g/mol. The first-order chi connectivity index (χ1) is 8.60. The van der Waals surface area contributed by atoms with Gasteiger partial charge in [0.25, 0.3) is 0 Å². The Bertz CT molecular complexity index is 583. The van der Waals surface area contributed by atoms with Gasteiger partial charge in [-0.2, -0.15) is 4.37 Å². The summed E-state index contributed by atoms with van der Waals surface area (Å²) in [4.78, 5) is 16.1. The molecule has 0 fully saturated rings. The fourth-order valence-electron chi connectivity index (χ4n) is 1.31. The lowest BCUT2D eigenvalue weighted by Gasteiger charge is -2.03. The SMILES string of the molecule is CCc1nsc(Sc2ccc(N)c(C(=O)O)c2)n1. The highest BCUT2D eigenvalue weighted by atomic mass is 32.2. The van der Waals surface area contributed by atoms with Crippen LogP contribution in [0.25, 0.3) is 0 Å². The van der Waals surface area contributed by atoms with E-state index in [1.54, 1.807) is 18.2 Å². The van der Waals surface area contributed by atoms with Crippen LogP contribution < -0.4 is 5.73 Å². The lowest BCUT2D eigenvalue weighted by Crippen LogP contribution is -2.01. The van der Waals surface area contributed by atoms with Gasteiger partial charge in [0.15, 0.2) is 4.34 Å². The van der Waals surface area contributed by atoms with E-state index in [9.17, 15) is 4.79 Å². The van der Waals surface area contributed by atoms with Crippen molar-refractivity contribution in [2.75, 3.05) is 5.73 Å². The molecular formula is C11H11N3O2S2. The summed E-state index contributed by atoms with van der Waals surface area (Å²) < 4.78 is 4.97. The molecule has 0 amide bonds. The molecule has 0 radical (unpaired) electrons. The molecule has 0 saturated carbocycles. The average Bonchev–Trinajstić information content (AvgIpc) is 2.79. The zero-order valence-corrected chi connectivity index (χ0v) is 11.2. The number of carboxylic acid groups (broad SMARTS) is 1. The van der Waals surface area contributed by atoms with E-state index in [2.05, 4.69) is 9.36 Å². The van der Waals surface area contributed by atoms with Crippen molar-refractivity contribution in [3.8, 4) is 0 Å². The molecule has 2 rings (SSSR count). The van der Waals surface area contributed by atoms with Crippen LogP contribution in [0.3, 0.4) is 0 Å². The van der Waals surface area contributed by atoms with Gasteiger partial charge in [-0.3, -0.25) is 0 Å². The third kappa shape index (κ3) is 2.80. The summed E-state index contributed by atoms with van der Waals surface area (Å²) in [5.41, 5.74) is 5.97. The molecule has 18 heavy (non-hydrogen) atoms. The molecule has 5 nitrogen and oxygen atoms in total. The number of aromatic carboxylic acids is 1. The summed E-state index contributed by atoms with van der Waals surface area (Å²) in [6.07, 6.45) is 0.791. The number of rotatable bonds is 4. The van der Waals surface area contributed by atoms with Gasteiger partial charge in [0, 0.05) is 17.0 Å². The van der Waals surface area contributed by atoms with Crippen molar-refractivity contribution < 1.29 is 9.90 Å². The molecule has 0 spiro atoms. The summed E-state index contributed by atoms with van der Waals surface area (Å²) in [5, 5.41) is 8.98. The predicted octanol–water partition coefficient (Wildman–Crippen LogP) is 2.53. The van der Waals surface area contributed by atoms with E-state index in [-0.39, 0.29) is 11.3 Å². The van der Waals surface area contributed by atoms with Crippen molar-refractivity contribution in [3.05, 3.63) is 29.6 Å². The Hall–Kier alpha value is -1.60. The highest BCUT2D eigenvalue weighted by Crippen LogP contribution is 2.31. The molecule has 1 heterocycles. The molecule has 3 N–H and O–H groups in total. The van der Waals surface area contributed by atoms with E-state index < -0.39 is 5.97 Å². The summed E-state index contributed by atoms with van der Waals surface area (Å²) in [6.45, 7) is 1.99. The van der Waals surface area contributed by atoms with Gasteiger partial charge < -0.3 is 10.8 Å². The smallest absolute Gasteiger partial charge is 0.337 e. The van der Waals surface area contributed by atoms with Gasteiger partial charge in [-0.05, 0) is 29.7 Å². The Morgan fingerprint density at radius 1 is 1.56 bits per heavy atom. The van der Waals surface area contributed by atoms with Crippen molar-refractivity contribution >= 4 is 35.0 Å². The van der Waals surface area contributed by atoms with Crippen LogP contribution in [0.15, 0.2) is 27.4 Å². The summed E-state index contributed by atoms with van der Waals surface area (Å²) in [5.74, 6) is -0.224. The number of anilines is 1. The van der Waals surface area contributed by atoms with Gasteiger partial charge in [0.2, 0.25) is 0 Å². The van der Waals surface area contributed by atoms with Crippen LogP contribution in [-0.2, 0) is 6.42 Å². The van der Waals surface area contributed by atoms with E-state index in [0.29, 0.717) is 0 Å². The number of carbonyl (C=O) groups is 1. The van der Waals surface area contributed by atoms with E-state index in [1.807, 2.05) is 6.92 Å². The summed E-state index contributed by atoms with van der Waals surface area (Å²) >= 11 is 2.70. The number of nitrogens with zero attached hydrogens (tertiary/aromatic N) is 2. The third-order valence-electron chi connectivity index (χ3n) is 2.23. The quantitative estimate of drug-likeness (QED) is 0.837. The first kappa shape index (κ1) is 12.8. The first-order valence-corrected chi connectivity index (χ1v) is 6.82. The van der Waals surface area contributed by atoms with Crippen LogP contribution in [0.1, 0.15) is 23.1 Å². The molecule has 0 saturated heterocycles. The van der Waals surface area contributed by atoms with E-state index in [1.165, 1.54) is 23.3 Å². The second-order valence-corrected chi connectivity index (χ2v) is 5.56. The zero-order chi connectivity index (χ0) is 13.1. The van der Waals surface area contributed by atoms with Crippen LogP contribution in [0, 0.1) is 0 Å². The van der Waals surface area contributed by atoms with Gasteiger partial charge in [-0.25, -0.2) is 9.78 Å². The van der Waals surface area contributed by atoms with Gasteiger partial charge in [-0.15, -0.1) is 0 Å². The Morgan fingerprint density at radius 2 is 2.33 bits per heavy atom. The average molecular weight is 281 g/mol. The molecule has 1 aromatic heterocycles. The van der Waals surface area contributed by atoms with Crippen LogP contribution in [0.4, 0.5) is 5.69 Å². The number of aryl methyl sites for hydroxylation is 1. The van der Waals surface area contributed by atoms with Crippen LogP contribution in [-0.4, -0.2) is 20.4 Å². The second-order valence-electron chi connectivity index (χ2n) is 3.49. The van der Waals surface area contributed by atoms with Gasteiger partial charge in [0.1, 0.15) is 5.82 Å². The van der Waals surface area contributed by atoms with Crippen molar-refractivity contribution in [2.45, 2.75) is 22.6 Å². The van der Waals surface area contributed by atoms with Gasteiger partial charge >= 0.3 is 5.97 Å². The first-order valence-electron chi connectivity index (χ1n) is 5.23. The molecule has 0 aliphatic rings. The fourth-order valence-corrected chi connectivity index (χ4v) is 3.02. The Kier molecular flexibility index (Phi) is 3.83. The Balaban J connectivity index is 2.24. The highest BCUT2D eigenvalue weighted by molar-refractivity contribution is 8.01. The lowest BCUT2D eigenvalue weighted by atomic mass is 10.2. The largest absolute Gasteiger partial charge is 0.478 e. The number of hydrogen-bond donors (Lipinski definition) is 2. The monoisotopic (exact) mass is 281 g/mol. The zero-order valence-electron chi connectivity index (χ0n) is 9.58. The van der Waals surface area contributed by atoms with Crippen LogP contribution in [0.2, 0.25) is 0 Å². The molecule has 1 aromatic carbocycles. The number of nitrogen functional groups attached to an aromatic ring is 1. The molecule has 0 aliphatic heterocycles. The van der Waals surface area contributed by atoms with Gasteiger partial charge in [0.05, 0.1) is 5.56 Å². The Labute approximate surface area is 112 Å². The minimum Gasteiger partial charge on any atom is -0.478 e. The second kappa shape index (κ2) is 5.36. The number of benzene rings is 1. The lowest BCUT2D eigenvalue weighted by molar-refractivity contribution is 0.0698. The van der Waals surface area contributed by atoms with Crippen LogP contribution >= 0.6 is 23.3 Å². The van der Waals surface area contributed by atoms with Crippen molar-refractivity contribution in [1.82, 2.24) is 9.36 Å². The summed E-state index contributed by atoms with van der Waals surface area (Å²) in [7, 11) is 0. The van der Waals surface area contributed by atoms with Crippen LogP contribution in [0.5, 0.6) is 0 Å². The molecule has 0 aliphatic carbocycles. The molecule has 7 heteroatoms. The van der Waals surface area contributed by atoms with Gasteiger partial charge in [-0.1, -0.05) is 18.7 Å². The fraction of sp³-hybridized carbons (Fsp3) is 0.182. The number of hydrogen-bond acceptors (Lipinski definition) is 6.